The van der Waals surface area contributed by atoms with Crippen molar-refractivity contribution in [1.82, 2.24) is 0 Å². The van der Waals surface area contributed by atoms with Gasteiger partial charge in [-0.25, -0.2) is 4.39 Å². The maximum absolute atomic E-state index is 12.9. The van der Waals surface area contributed by atoms with Crippen molar-refractivity contribution < 1.29 is 9.18 Å². The number of nitrogens with one attached hydrogen (secondary N) is 2. The van der Waals surface area contributed by atoms with Crippen molar-refractivity contribution >= 4 is 40.5 Å². The lowest BCUT2D eigenvalue weighted by Gasteiger charge is -2.11. The molecular weight excluding hydrogens is 314 g/mol. The van der Waals surface area contributed by atoms with Crippen molar-refractivity contribution in [2.75, 3.05) is 17.2 Å². The Morgan fingerprint density at radius 2 is 1.90 bits per heavy atom. The second-order valence-electron chi connectivity index (χ2n) is 4.44. The van der Waals surface area contributed by atoms with Gasteiger partial charge in [0.2, 0.25) is 5.91 Å². The second-order valence-corrected chi connectivity index (χ2v) is 5.25. The quantitative estimate of drug-likeness (QED) is 0.869. The Kier molecular flexibility index (Phi) is 5.04. The summed E-state index contributed by atoms with van der Waals surface area (Å²) in [6.45, 7) is 1.91. The van der Waals surface area contributed by atoms with Crippen LogP contribution in [0.4, 0.5) is 15.8 Å². The number of amides is 1. The molecule has 2 aromatic rings. The van der Waals surface area contributed by atoms with Gasteiger partial charge in [0, 0.05) is 10.7 Å². The number of benzene rings is 2. The zero-order chi connectivity index (χ0) is 15.4. The molecular formula is C15H13Cl2FN2O. The van der Waals surface area contributed by atoms with Crippen LogP contribution in [0, 0.1) is 12.7 Å². The van der Waals surface area contributed by atoms with Gasteiger partial charge in [-0.3, -0.25) is 4.79 Å². The number of anilines is 2. The van der Waals surface area contributed by atoms with E-state index in [1.807, 2.05) is 13.0 Å². The Morgan fingerprint density at radius 1 is 1.14 bits per heavy atom. The summed E-state index contributed by atoms with van der Waals surface area (Å²) in [6.07, 6.45) is 0. The smallest absolute Gasteiger partial charge is 0.243 e. The van der Waals surface area contributed by atoms with Crippen molar-refractivity contribution in [3.8, 4) is 0 Å². The molecule has 6 heteroatoms. The van der Waals surface area contributed by atoms with E-state index in [-0.39, 0.29) is 17.5 Å². The minimum Gasteiger partial charge on any atom is -0.376 e. The largest absolute Gasteiger partial charge is 0.376 e. The average Bonchev–Trinajstić information content (AvgIpc) is 2.43. The fourth-order valence-corrected chi connectivity index (χ4v) is 2.15. The number of hydrogen-bond acceptors (Lipinski definition) is 2. The van der Waals surface area contributed by atoms with E-state index in [0.29, 0.717) is 10.7 Å². The van der Waals surface area contributed by atoms with E-state index >= 15 is 0 Å². The predicted molar refractivity (Wildman–Crippen MR) is 84.7 cm³/mol. The molecule has 0 aromatic heterocycles. The molecule has 0 fully saturated rings. The van der Waals surface area contributed by atoms with E-state index in [1.54, 1.807) is 12.1 Å². The standard InChI is InChI=1S/C15H13Cl2FN2O/c1-9-11(16)3-2-4-13(9)19-8-15(21)20-14-6-5-10(18)7-12(14)17/h2-7,19H,8H2,1H3,(H,20,21). The fourth-order valence-electron chi connectivity index (χ4n) is 1.76. The highest BCUT2D eigenvalue weighted by Crippen LogP contribution is 2.24. The van der Waals surface area contributed by atoms with Gasteiger partial charge < -0.3 is 10.6 Å². The van der Waals surface area contributed by atoms with E-state index in [4.69, 9.17) is 23.2 Å². The van der Waals surface area contributed by atoms with Gasteiger partial charge in [-0.15, -0.1) is 0 Å². The van der Waals surface area contributed by atoms with E-state index in [9.17, 15) is 9.18 Å². The monoisotopic (exact) mass is 326 g/mol. The summed E-state index contributed by atoms with van der Waals surface area (Å²) in [5.41, 5.74) is 2.02. The van der Waals surface area contributed by atoms with Gasteiger partial charge in [0.05, 0.1) is 17.3 Å². The molecule has 0 atom stereocenters. The molecule has 0 heterocycles. The van der Waals surface area contributed by atoms with Crippen molar-refractivity contribution in [3.63, 3.8) is 0 Å². The molecule has 0 aliphatic heterocycles. The van der Waals surface area contributed by atoms with Gasteiger partial charge in [-0.2, -0.15) is 0 Å². The molecule has 110 valence electrons. The van der Waals surface area contributed by atoms with Crippen LogP contribution in [0.2, 0.25) is 10.0 Å². The lowest BCUT2D eigenvalue weighted by atomic mass is 10.2. The van der Waals surface area contributed by atoms with Crippen LogP contribution < -0.4 is 10.6 Å². The van der Waals surface area contributed by atoms with Crippen molar-refractivity contribution in [1.29, 1.82) is 0 Å². The normalized spacial score (nSPS) is 10.3. The summed E-state index contributed by atoms with van der Waals surface area (Å²) in [5.74, 6) is -0.742. The van der Waals surface area contributed by atoms with E-state index in [0.717, 1.165) is 17.3 Å². The molecule has 0 radical (unpaired) electrons. The second kappa shape index (κ2) is 6.78. The third kappa shape index (κ3) is 4.09. The van der Waals surface area contributed by atoms with Crippen LogP contribution in [0.15, 0.2) is 36.4 Å². The van der Waals surface area contributed by atoms with E-state index in [2.05, 4.69) is 10.6 Å². The summed E-state index contributed by atoms with van der Waals surface area (Å²) >= 11 is 11.8. The van der Waals surface area contributed by atoms with Crippen LogP contribution in [0.3, 0.4) is 0 Å². The Hall–Kier alpha value is -1.78. The molecule has 0 aliphatic carbocycles. The summed E-state index contributed by atoms with van der Waals surface area (Å²) < 4.78 is 12.9. The van der Waals surface area contributed by atoms with Gasteiger partial charge in [-0.05, 0) is 42.8 Å². The lowest BCUT2D eigenvalue weighted by molar-refractivity contribution is -0.114. The first-order valence-corrected chi connectivity index (χ1v) is 6.97. The maximum atomic E-state index is 12.9. The zero-order valence-electron chi connectivity index (χ0n) is 11.2. The van der Waals surface area contributed by atoms with Gasteiger partial charge >= 0.3 is 0 Å². The first-order chi connectivity index (χ1) is 9.97. The first-order valence-electron chi connectivity index (χ1n) is 6.21. The highest BCUT2D eigenvalue weighted by Gasteiger charge is 2.08. The average molecular weight is 327 g/mol. The van der Waals surface area contributed by atoms with Gasteiger partial charge in [-0.1, -0.05) is 29.3 Å². The van der Waals surface area contributed by atoms with E-state index in [1.165, 1.54) is 12.1 Å². The maximum Gasteiger partial charge on any atom is 0.243 e. The molecule has 0 aliphatic rings. The minimum absolute atomic E-state index is 0.0505. The summed E-state index contributed by atoms with van der Waals surface area (Å²) in [5, 5.41) is 6.38. The lowest BCUT2D eigenvalue weighted by Crippen LogP contribution is -2.22. The third-order valence-electron chi connectivity index (χ3n) is 2.91. The van der Waals surface area contributed by atoms with Crippen LogP contribution in [-0.2, 0) is 4.79 Å². The molecule has 3 nitrogen and oxygen atoms in total. The van der Waals surface area contributed by atoms with Gasteiger partial charge in [0.1, 0.15) is 5.82 Å². The summed E-state index contributed by atoms with van der Waals surface area (Å²) in [4.78, 5) is 11.9. The van der Waals surface area contributed by atoms with Crippen molar-refractivity contribution in [2.45, 2.75) is 6.92 Å². The number of rotatable bonds is 4. The molecule has 0 saturated carbocycles. The van der Waals surface area contributed by atoms with Gasteiger partial charge in [0.25, 0.3) is 0 Å². The predicted octanol–water partition coefficient (Wildman–Crippen LogP) is 4.49. The molecule has 2 N–H and O–H groups in total. The zero-order valence-corrected chi connectivity index (χ0v) is 12.7. The van der Waals surface area contributed by atoms with Crippen LogP contribution in [0.25, 0.3) is 0 Å². The van der Waals surface area contributed by atoms with Crippen LogP contribution in [0.5, 0.6) is 0 Å². The molecule has 21 heavy (non-hydrogen) atoms. The molecule has 0 bridgehead atoms. The molecule has 1 amide bonds. The fraction of sp³-hybridized carbons (Fsp3) is 0.133. The SMILES string of the molecule is Cc1c(Cl)cccc1NCC(=O)Nc1ccc(F)cc1Cl. The number of hydrogen-bond donors (Lipinski definition) is 2. The third-order valence-corrected chi connectivity index (χ3v) is 3.63. The first kappa shape index (κ1) is 15.6. The van der Waals surface area contributed by atoms with Crippen molar-refractivity contribution in [3.05, 3.63) is 57.8 Å². The Morgan fingerprint density at radius 3 is 2.62 bits per heavy atom. The van der Waals surface area contributed by atoms with Crippen LogP contribution in [-0.4, -0.2) is 12.5 Å². The number of carbonyl (C=O) groups is 1. The topological polar surface area (TPSA) is 41.1 Å². The summed E-state index contributed by atoms with van der Waals surface area (Å²) in [6, 6.07) is 9.20. The van der Waals surface area contributed by atoms with Gasteiger partial charge in [0.15, 0.2) is 0 Å². The highest BCUT2D eigenvalue weighted by atomic mass is 35.5. The molecule has 2 rings (SSSR count). The minimum atomic E-state index is -0.453. The summed E-state index contributed by atoms with van der Waals surface area (Å²) in [7, 11) is 0. The van der Waals surface area contributed by atoms with E-state index < -0.39 is 5.82 Å². The molecule has 0 saturated heterocycles. The highest BCUT2D eigenvalue weighted by molar-refractivity contribution is 6.33. The Labute approximate surface area is 132 Å². The molecule has 0 unspecified atom stereocenters. The Bertz CT molecular complexity index is 677. The Balaban J connectivity index is 1.97. The number of carbonyl (C=O) groups excluding carboxylic acids is 1. The molecule has 2 aromatic carbocycles. The van der Waals surface area contributed by atoms with Crippen LogP contribution in [0.1, 0.15) is 5.56 Å². The van der Waals surface area contributed by atoms with Crippen molar-refractivity contribution in [2.24, 2.45) is 0 Å². The van der Waals surface area contributed by atoms with Crippen LogP contribution >= 0.6 is 23.2 Å². The number of halogens is 3. The molecule has 0 spiro atoms.